The Bertz CT molecular complexity index is 458. The molecule has 0 unspecified atom stereocenters. The van der Waals surface area contributed by atoms with Crippen LogP contribution in [0.15, 0.2) is 12.1 Å². The van der Waals surface area contributed by atoms with Crippen LogP contribution in [0.2, 0.25) is 15.1 Å². The Labute approximate surface area is 113 Å². The van der Waals surface area contributed by atoms with Gasteiger partial charge in [0.05, 0.1) is 15.1 Å². The number of halogens is 3. The summed E-state index contributed by atoms with van der Waals surface area (Å²) in [6.07, 6.45) is 0.333. The highest BCUT2D eigenvalue weighted by Gasteiger charge is 2.15. The number of carboxylic acids is 1. The summed E-state index contributed by atoms with van der Waals surface area (Å²) in [5, 5.41) is 8.98. The predicted octanol–water partition coefficient (Wildman–Crippen LogP) is 4.08. The summed E-state index contributed by atoms with van der Waals surface area (Å²) in [6.45, 7) is 0. The Morgan fingerprint density at radius 2 is 1.71 bits per heavy atom. The van der Waals surface area contributed by atoms with E-state index in [4.69, 9.17) is 39.9 Å². The van der Waals surface area contributed by atoms with Gasteiger partial charge in [-0.05, 0) is 18.6 Å². The molecule has 0 aliphatic heterocycles. The molecule has 0 radical (unpaired) electrons. The largest absolute Gasteiger partial charge is 0.481 e. The molecule has 1 N–H and O–H groups in total. The molecular formula is C11H9Cl3O3. The quantitative estimate of drug-likeness (QED) is 0.657. The Morgan fingerprint density at radius 1 is 1.06 bits per heavy atom. The van der Waals surface area contributed by atoms with Gasteiger partial charge in [-0.1, -0.05) is 34.8 Å². The van der Waals surface area contributed by atoms with Crippen LogP contribution in [0.25, 0.3) is 0 Å². The van der Waals surface area contributed by atoms with E-state index in [1.54, 1.807) is 0 Å². The molecule has 0 aliphatic carbocycles. The van der Waals surface area contributed by atoms with Gasteiger partial charge in [-0.15, -0.1) is 0 Å². The fraction of sp³-hybridized carbons (Fsp3) is 0.273. The van der Waals surface area contributed by atoms with Crippen molar-refractivity contribution in [3.63, 3.8) is 0 Å². The van der Waals surface area contributed by atoms with Gasteiger partial charge in [0.2, 0.25) is 0 Å². The molecule has 1 aromatic rings. The number of aliphatic carboxylic acids is 1. The molecule has 0 atom stereocenters. The summed E-state index contributed by atoms with van der Waals surface area (Å²) in [5.74, 6) is -1.17. The molecule has 0 aromatic heterocycles. The minimum atomic E-state index is -0.932. The van der Waals surface area contributed by atoms with Crippen molar-refractivity contribution < 1.29 is 14.7 Å². The van der Waals surface area contributed by atoms with E-state index in [2.05, 4.69) is 0 Å². The van der Waals surface area contributed by atoms with E-state index in [-0.39, 0.29) is 45.7 Å². The fourth-order valence-corrected chi connectivity index (χ4v) is 1.92. The molecule has 0 fully saturated rings. The van der Waals surface area contributed by atoms with E-state index < -0.39 is 5.97 Å². The van der Waals surface area contributed by atoms with Gasteiger partial charge in [0.15, 0.2) is 5.78 Å². The van der Waals surface area contributed by atoms with Crippen molar-refractivity contribution in [3.8, 4) is 0 Å². The lowest BCUT2D eigenvalue weighted by molar-refractivity contribution is -0.137. The SMILES string of the molecule is O=C(O)CCCC(=O)c1ccc(Cl)c(Cl)c1Cl. The highest BCUT2D eigenvalue weighted by Crippen LogP contribution is 2.33. The smallest absolute Gasteiger partial charge is 0.303 e. The van der Waals surface area contributed by atoms with Gasteiger partial charge in [0.1, 0.15) is 0 Å². The zero-order valence-corrected chi connectivity index (χ0v) is 10.9. The Balaban J connectivity index is 2.76. The average Bonchev–Trinajstić information content (AvgIpc) is 2.25. The lowest BCUT2D eigenvalue weighted by atomic mass is 10.1. The van der Waals surface area contributed by atoms with Gasteiger partial charge in [-0.2, -0.15) is 0 Å². The van der Waals surface area contributed by atoms with Crippen LogP contribution in [0.4, 0.5) is 0 Å². The Hall–Kier alpha value is -0.770. The first-order valence-corrected chi connectivity index (χ1v) is 5.95. The number of rotatable bonds is 5. The van der Waals surface area contributed by atoms with E-state index in [9.17, 15) is 9.59 Å². The molecule has 0 saturated carbocycles. The normalized spacial score (nSPS) is 10.3. The summed E-state index contributed by atoms with van der Waals surface area (Å²) < 4.78 is 0. The van der Waals surface area contributed by atoms with Crippen LogP contribution in [0.5, 0.6) is 0 Å². The third kappa shape index (κ3) is 3.87. The number of carbonyl (C=O) groups is 2. The van der Waals surface area contributed by atoms with Crippen LogP contribution in [0.3, 0.4) is 0 Å². The summed E-state index contributed by atoms with van der Waals surface area (Å²) in [5.41, 5.74) is 0.270. The third-order valence-electron chi connectivity index (χ3n) is 2.13. The highest BCUT2D eigenvalue weighted by molar-refractivity contribution is 6.49. The van der Waals surface area contributed by atoms with E-state index in [1.807, 2.05) is 0 Å². The lowest BCUT2D eigenvalue weighted by Crippen LogP contribution is -2.02. The van der Waals surface area contributed by atoms with Gasteiger partial charge < -0.3 is 5.11 Å². The zero-order valence-electron chi connectivity index (χ0n) is 8.67. The number of hydrogen-bond acceptors (Lipinski definition) is 2. The summed E-state index contributed by atoms with van der Waals surface area (Å²) in [6, 6.07) is 2.97. The molecule has 92 valence electrons. The summed E-state index contributed by atoms with van der Waals surface area (Å²) in [4.78, 5) is 22.0. The first-order valence-electron chi connectivity index (χ1n) is 4.82. The molecule has 1 aromatic carbocycles. The first kappa shape index (κ1) is 14.3. The average molecular weight is 296 g/mol. The molecule has 0 heterocycles. The molecule has 3 nitrogen and oxygen atoms in total. The van der Waals surface area contributed by atoms with Crippen LogP contribution in [-0.4, -0.2) is 16.9 Å². The van der Waals surface area contributed by atoms with Crippen molar-refractivity contribution in [1.29, 1.82) is 0 Å². The minimum absolute atomic E-state index is 0.0509. The number of carbonyl (C=O) groups excluding carboxylic acids is 1. The number of benzene rings is 1. The maximum absolute atomic E-state index is 11.7. The Kier molecular flexibility index (Phi) is 5.25. The summed E-state index contributed by atoms with van der Waals surface area (Å²) >= 11 is 17.4. The molecule has 0 amide bonds. The lowest BCUT2D eigenvalue weighted by Gasteiger charge is -2.05. The molecule has 1 rings (SSSR count). The second-order valence-corrected chi connectivity index (χ2v) is 4.56. The molecule has 0 spiro atoms. The zero-order chi connectivity index (χ0) is 13.0. The van der Waals surface area contributed by atoms with Crippen LogP contribution in [0.1, 0.15) is 29.6 Å². The second kappa shape index (κ2) is 6.24. The predicted molar refractivity (Wildman–Crippen MR) is 67.3 cm³/mol. The fourth-order valence-electron chi connectivity index (χ4n) is 1.28. The maximum atomic E-state index is 11.7. The van der Waals surface area contributed by atoms with Crippen LogP contribution < -0.4 is 0 Å². The molecule has 6 heteroatoms. The first-order chi connectivity index (χ1) is 7.93. The topological polar surface area (TPSA) is 54.4 Å². The number of Topliss-reactive ketones (excluding diaryl/α,β-unsaturated/α-hetero) is 1. The standard InChI is InChI=1S/C11H9Cl3O3/c12-7-5-4-6(10(13)11(7)14)8(15)2-1-3-9(16)17/h4-5H,1-3H2,(H,16,17). The van der Waals surface area contributed by atoms with Crippen molar-refractivity contribution in [1.82, 2.24) is 0 Å². The van der Waals surface area contributed by atoms with Crippen molar-refractivity contribution >= 4 is 46.6 Å². The molecular weight excluding hydrogens is 286 g/mol. The summed E-state index contributed by atoms with van der Waals surface area (Å²) in [7, 11) is 0. The van der Waals surface area contributed by atoms with Gasteiger partial charge in [0.25, 0.3) is 0 Å². The van der Waals surface area contributed by atoms with Crippen molar-refractivity contribution in [2.75, 3.05) is 0 Å². The maximum Gasteiger partial charge on any atom is 0.303 e. The highest BCUT2D eigenvalue weighted by atomic mass is 35.5. The molecule has 0 bridgehead atoms. The number of carboxylic acid groups (broad SMARTS) is 1. The van der Waals surface area contributed by atoms with Gasteiger partial charge in [0, 0.05) is 18.4 Å². The van der Waals surface area contributed by atoms with E-state index in [1.165, 1.54) is 12.1 Å². The number of hydrogen-bond donors (Lipinski definition) is 1. The van der Waals surface area contributed by atoms with Crippen molar-refractivity contribution in [3.05, 3.63) is 32.8 Å². The van der Waals surface area contributed by atoms with Crippen LogP contribution >= 0.6 is 34.8 Å². The van der Waals surface area contributed by atoms with E-state index in [0.717, 1.165) is 0 Å². The van der Waals surface area contributed by atoms with Gasteiger partial charge >= 0.3 is 5.97 Å². The monoisotopic (exact) mass is 294 g/mol. The van der Waals surface area contributed by atoms with Gasteiger partial charge in [-0.3, -0.25) is 9.59 Å². The third-order valence-corrected chi connectivity index (χ3v) is 3.42. The minimum Gasteiger partial charge on any atom is -0.481 e. The van der Waals surface area contributed by atoms with Gasteiger partial charge in [-0.25, -0.2) is 0 Å². The molecule has 17 heavy (non-hydrogen) atoms. The second-order valence-electron chi connectivity index (χ2n) is 3.39. The van der Waals surface area contributed by atoms with Crippen molar-refractivity contribution in [2.24, 2.45) is 0 Å². The van der Waals surface area contributed by atoms with E-state index >= 15 is 0 Å². The van der Waals surface area contributed by atoms with Crippen LogP contribution in [0, 0.1) is 0 Å². The molecule has 0 aliphatic rings. The van der Waals surface area contributed by atoms with E-state index in [0.29, 0.717) is 0 Å². The van der Waals surface area contributed by atoms with Crippen molar-refractivity contribution in [2.45, 2.75) is 19.3 Å². The molecule has 0 saturated heterocycles. The number of ketones is 1. The Morgan fingerprint density at radius 3 is 2.29 bits per heavy atom. The van der Waals surface area contributed by atoms with Crippen LogP contribution in [-0.2, 0) is 4.79 Å².